The molecule has 0 saturated heterocycles. The van der Waals surface area contributed by atoms with Gasteiger partial charge in [0.15, 0.2) is 17.4 Å². The van der Waals surface area contributed by atoms with Crippen LogP contribution in [0, 0.1) is 17.5 Å². The largest absolute Gasteiger partial charge is 0.494 e. The number of halogens is 3. The molecule has 2 N–H and O–H groups in total. The Hall–Kier alpha value is -2.17. The first-order valence-electron chi connectivity index (χ1n) is 5.12. The minimum Gasteiger partial charge on any atom is -0.494 e. The summed E-state index contributed by atoms with van der Waals surface area (Å²) >= 11 is 0. The molecule has 0 unspecified atom stereocenters. The van der Waals surface area contributed by atoms with E-state index in [1.54, 1.807) is 0 Å². The lowest BCUT2D eigenvalue weighted by Crippen LogP contribution is -1.99. The van der Waals surface area contributed by atoms with Gasteiger partial charge in [0.1, 0.15) is 5.82 Å². The monoisotopic (exact) mass is 253 g/mol. The molecule has 0 aromatic heterocycles. The molecule has 18 heavy (non-hydrogen) atoms. The lowest BCUT2D eigenvalue weighted by Gasteiger charge is -2.10. The van der Waals surface area contributed by atoms with E-state index in [1.165, 1.54) is 25.3 Å². The van der Waals surface area contributed by atoms with Crippen LogP contribution >= 0.6 is 0 Å². The van der Waals surface area contributed by atoms with Gasteiger partial charge in [0.2, 0.25) is 0 Å². The van der Waals surface area contributed by atoms with Crippen LogP contribution in [0.25, 0.3) is 11.1 Å². The summed E-state index contributed by atoms with van der Waals surface area (Å²) < 4.78 is 46.1. The fraction of sp³-hybridized carbons (Fsp3) is 0.0769. The third kappa shape index (κ3) is 1.88. The third-order valence-electron chi connectivity index (χ3n) is 2.57. The molecule has 0 aliphatic carbocycles. The molecule has 0 bridgehead atoms. The number of nitrogen functional groups attached to an aromatic ring is 1. The van der Waals surface area contributed by atoms with Crippen molar-refractivity contribution in [2.45, 2.75) is 0 Å². The summed E-state index contributed by atoms with van der Waals surface area (Å²) in [6, 6.07) is 6.15. The maximum Gasteiger partial charge on any atom is 0.173 e. The molecule has 0 atom stereocenters. The van der Waals surface area contributed by atoms with E-state index in [-0.39, 0.29) is 17.0 Å². The van der Waals surface area contributed by atoms with Crippen molar-refractivity contribution in [1.29, 1.82) is 0 Å². The van der Waals surface area contributed by atoms with Gasteiger partial charge < -0.3 is 10.5 Å². The fourth-order valence-corrected chi connectivity index (χ4v) is 1.68. The third-order valence-corrected chi connectivity index (χ3v) is 2.57. The van der Waals surface area contributed by atoms with E-state index >= 15 is 0 Å². The van der Waals surface area contributed by atoms with E-state index in [0.29, 0.717) is 0 Å². The first kappa shape index (κ1) is 12.3. The maximum absolute atomic E-state index is 14.0. The molecule has 0 fully saturated rings. The van der Waals surface area contributed by atoms with Crippen LogP contribution in [0.3, 0.4) is 0 Å². The summed E-state index contributed by atoms with van der Waals surface area (Å²) in [5.74, 6) is -2.78. The van der Waals surface area contributed by atoms with Gasteiger partial charge >= 0.3 is 0 Å². The Morgan fingerprint density at radius 3 is 2.39 bits per heavy atom. The van der Waals surface area contributed by atoms with E-state index in [0.717, 1.165) is 12.1 Å². The quantitative estimate of drug-likeness (QED) is 0.833. The molecular weight excluding hydrogens is 243 g/mol. The number of hydrogen-bond donors (Lipinski definition) is 1. The smallest absolute Gasteiger partial charge is 0.173 e. The summed E-state index contributed by atoms with van der Waals surface area (Å²) in [5, 5.41) is 0. The second-order valence-electron chi connectivity index (χ2n) is 3.65. The molecule has 0 amide bonds. The van der Waals surface area contributed by atoms with E-state index in [4.69, 9.17) is 10.5 Å². The van der Waals surface area contributed by atoms with Crippen molar-refractivity contribution in [2.24, 2.45) is 0 Å². The van der Waals surface area contributed by atoms with Crippen LogP contribution in [0.2, 0.25) is 0 Å². The zero-order chi connectivity index (χ0) is 13.3. The topological polar surface area (TPSA) is 35.2 Å². The Kier molecular flexibility index (Phi) is 3.14. The first-order valence-corrected chi connectivity index (χ1v) is 5.12. The lowest BCUT2D eigenvalue weighted by atomic mass is 10.0. The van der Waals surface area contributed by atoms with Crippen LogP contribution in [-0.4, -0.2) is 7.11 Å². The van der Waals surface area contributed by atoms with Gasteiger partial charge in [-0.1, -0.05) is 12.1 Å². The van der Waals surface area contributed by atoms with Crippen molar-refractivity contribution in [1.82, 2.24) is 0 Å². The Morgan fingerprint density at radius 2 is 1.72 bits per heavy atom. The summed E-state index contributed by atoms with van der Waals surface area (Å²) in [7, 11) is 1.27. The predicted molar refractivity (Wildman–Crippen MR) is 62.7 cm³/mol. The van der Waals surface area contributed by atoms with E-state index < -0.39 is 23.0 Å². The number of rotatable bonds is 2. The second kappa shape index (κ2) is 4.60. The summed E-state index contributed by atoms with van der Waals surface area (Å²) in [5.41, 5.74) is 4.39. The van der Waals surface area contributed by atoms with Gasteiger partial charge in [0.05, 0.1) is 18.4 Å². The van der Waals surface area contributed by atoms with E-state index in [2.05, 4.69) is 0 Å². The molecule has 94 valence electrons. The molecule has 2 aromatic carbocycles. The van der Waals surface area contributed by atoms with Gasteiger partial charge in [-0.15, -0.1) is 0 Å². The Bertz CT molecular complexity index is 599. The molecule has 0 heterocycles. The minimum absolute atomic E-state index is 0.0891. The van der Waals surface area contributed by atoms with Gasteiger partial charge in [0.25, 0.3) is 0 Å². The van der Waals surface area contributed by atoms with Gasteiger partial charge in [-0.25, -0.2) is 13.2 Å². The molecule has 0 spiro atoms. The molecule has 0 saturated carbocycles. The van der Waals surface area contributed by atoms with Crippen LogP contribution < -0.4 is 10.5 Å². The molecular formula is C13H10F3NO. The van der Waals surface area contributed by atoms with Crippen molar-refractivity contribution in [3.63, 3.8) is 0 Å². The van der Waals surface area contributed by atoms with Gasteiger partial charge in [-0.05, 0) is 18.2 Å². The van der Waals surface area contributed by atoms with Crippen molar-refractivity contribution >= 4 is 5.69 Å². The maximum atomic E-state index is 14.0. The lowest BCUT2D eigenvalue weighted by molar-refractivity contribution is 0.387. The molecule has 0 aliphatic heterocycles. The highest BCUT2D eigenvalue weighted by Crippen LogP contribution is 2.34. The normalized spacial score (nSPS) is 10.4. The summed E-state index contributed by atoms with van der Waals surface area (Å²) in [4.78, 5) is 0. The van der Waals surface area contributed by atoms with Crippen molar-refractivity contribution in [3.8, 4) is 16.9 Å². The molecule has 2 aromatic rings. The van der Waals surface area contributed by atoms with Crippen molar-refractivity contribution in [2.75, 3.05) is 12.8 Å². The van der Waals surface area contributed by atoms with Gasteiger partial charge in [-0.2, -0.15) is 0 Å². The highest BCUT2D eigenvalue weighted by molar-refractivity contribution is 5.71. The molecule has 0 aliphatic rings. The molecule has 0 radical (unpaired) electrons. The number of nitrogens with two attached hydrogens (primary N) is 1. The highest BCUT2D eigenvalue weighted by atomic mass is 19.1. The number of anilines is 1. The SMILES string of the molecule is COc1cccc(-c2c(F)ccc(N)c2F)c1F. The zero-order valence-electron chi connectivity index (χ0n) is 9.51. The first-order chi connectivity index (χ1) is 8.56. The number of benzene rings is 2. The van der Waals surface area contributed by atoms with Crippen LogP contribution in [0.4, 0.5) is 18.9 Å². The standard InChI is InChI=1S/C13H10F3NO/c1-18-10-4-2-3-7(12(10)15)11-8(14)5-6-9(17)13(11)16/h2-6H,17H2,1H3. The van der Waals surface area contributed by atoms with E-state index in [9.17, 15) is 13.2 Å². The average molecular weight is 253 g/mol. The Balaban J connectivity index is 2.73. The number of ether oxygens (including phenoxy) is 1. The van der Waals surface area contributed by atoms with Crippen LogP contribution in [0.1, 0.15) is 0 Å². The van der Waals surface area contributed by atoms with Crippen molar-refractivity contribution < 1.29 is 17.9 Å². The van der Waals surface area contributed by atoms with Crippen LogP contribution in [0.15, 0.2) is 30.3 Å². The van der Waals surface area contributed by atoms with Crippen LogP contribution in [-0.2, 0) is 0 Å². The number of methoxy groups -OCH3 is 1. The Labute approximate surface area is 102 Å². The molecule has 2 nitrogen and oxygen atoms in total. The van der Waals surface area contributed by atoms with Crippen molar-refractivity contribution in [3.05, 3.63) is 47.8 Å². The average Bonchev–Trinajstić information content (AvgIpc) is 2.36. The zero-order valence-corrected chi connectivity index (χ0v) is 9.51. The van der Waals surface area contributed by atoms with Crippen LogP contribution in [0.5, 0.6) is 5.75 Å². The predicted octanol–water partition coefficient (Wildman–Crippen LogP) is 3.36. The van der Waals surface area contributed by atoms with Gasteiger partial charge in [-0.3, -0.25) is 0 Å². The minimum atomic E-state index is -0.984. The number of hydrogen-bond acceptors (Lipinski definition) is 2. The van der Waals surface area contributed by atoms with E-state index in [1.807, 2.05) is 0 Å². The fourth-order valence-electron chi connectivity index (χ4n) is 1.68. The summed E-state index contributed by atoms with van der Waals surface area (Å²) in [6.45, 7) is 0. The highest BCUT2D eigenvalue weighted by Gasteiger charge is 2.19. The summed E-state index contributed by atoms with van der Waals surface area (Å²) in [6.07, 6.45) is 0. The Morgan fingerprint density at radius 1 is 1.00 bits per heavy atom. The molecule has 5 heteroatoms. The molecule has 2 rings (SSSR count). The second-order valence-corrected chi connectivity index (χ2v) is 3.65. The van der Waals surface area contributed by atoms with Gasteiger partial charge in [0, 0.05) is 5.56 Å².